The minimum Gasteiger partial charge on any atom is -0.495 e. The van der Waals surface area contributed by atoms with Gasteiger partial charge in [0, 0.05) is 18.0 Å². The molecule has 7 heteroatoms. The van der Waals surface area contributed by atoms with E-state index >= 15 is 0 Å². The number of rotatable bonds is 8. The molecule has 1 atom stereocenters. The van der Waals surface area contributed by atoms with E-state index in [0.717, 1.165) is 5.56 Å². The van der Waals surface area contributed by atoms with Crippen LogP contribution >= 0.6 is 11.6 Å². The van der Waals surface area contributed by atoms with Crippen LogP contribution in [0.15, 0.2) is 48.5 Å². The zero-order valence-electron chi connectivity index (χ0n) is 14.5. The van der Waals surface area contributed by atoms with Gasteiger partial charge in [0.05, 0.1) is 18.8 Å². The molecule has 0 aromatic heterocycles. The molecule has 0 saturated heterocycles. The molecular weight excluding hydrogens is 354 g/mol. The highest BCUT2D eigenvalue weighted by molar-refractivity contribution is 6.31. The number of carbonyl (C=O) groups is 2. The van der Waals surface area contributed by atoms with Crippen LogP contribution in [0.25, 0.3) is 0 Å². The summed E-state index contributed by atoms with van der Waals surface area (Å²) in [4.78, 5) is 24.1. The Labute approximate surface area is 157 Å². The highest BCUT2D eigenvalue weighted by Crippen LogP contribution is 2.27. The third-order valence-corrected chi connectivity index (χ3v) is 3.96. The van der Waals surface area contributed by atoms with Crippen LogP contribution in [-0.2, 0) is 16.0 Å². The molecule has 2 amide bonds. The first-order valence-electron chi connectivity index (χ1n) is 8.20. The fourth-order valence-corrected chi connectivity index (χ4v) is 2.55. The maximum atomic E-state index is 12.0. The molecule has 0 aliphatic rings. The van der Waals surface area contributed by atoms with Gasteiger partial charge in [-0.1, -0.05) is 41.9 Å². The van der Waals surface area contributed by atoms with Gasteiger partial charge in [-0.05, 0) is 30.2 Å². The number of amides is 2. The third-order valence-electron chi connectivity index (χ3n) is 3.72. The molecule has 6 nitrogen and oxygen atoms in total. The summed E-state index contributed by atoms with van der Waals surface area (Å²) < 4.78 is 5.17. The van der Waals surface area contributed by atoms with Gasteiger partial charge in [-0.15, -0.1) is 0 Å². The molecule has 2 aromatic carbocycles. The van der Waals surface area contributed by atoms with Gasteiger partial charge >= 0.3 is 0 Å². The average Bonchev–Trinajstić information content (AvgIpc) is 2.62. The van der Waals surface area contributed by atoms with Gasteiger partial charge in [0.15, 0.2) is 0 Å². The van der Waals surface area contributed by atoms with Crippen LogP contribution in [0.5, 0.6) is 5.75 Å². The van der Waals surface area contributed by atoms with Crippen LogP contribution < -0.4 is 21.1 Å². The first-order valence-corrected chi connectivity index (χ1v) is 8.58. The Bertz CT molecular complexity index is 753. The number of ether oxygens (including phenoxy) is 1. The van der Waals surface area contributed by atoms with Gasteiger partial charge in [-0.2, -0.15) is 0 Å². The molecule has 0 fully saturated rings. The molecule has 2 aromatic rings. The molecule has 138 valence electrons. The highest BCUT2D eigenvalue weighted by atomic mass is 35.5. The van der Waals surface area contributed by atoms with Crippen molar-refractivity contribution in [3.63, 3.8) is 0 Å². The van der Waals surface area contributed by atoms with Crippen molar-refractivity contribution in [3.05, 3.63) is 59.1 Å². The van der Waals surface area contributed by atoms with Crippen LogP contribution in [0.3, 0.4) is 0 Å². The molecule has 26 heavy (non-hydrogen) atoms. The van der Waals surface area contributed by atoms with Crippen molar-refractivity contribution in [2.45, 2.75) is 18.9 Å². The second-order valence-corrected chi connectivity index (χ2v) is 6.17. The number of methoxy groups -OCH3 is 1. The number of nitrogens with two attached hydrogens (primary N) is 1. The van der Waals surface area contributed by atoms with Gasteiger partial charge in [-0.25, -0.2) is 0 Å². The quantitative estimate of drug-likeness (QED) is 0.660. The van der Waals surface area contributed by atoms with E-state index in [2.05, 4.69) is 10.6 Å². The molecule has 0 saturated carbocycles. The van der Waals surface area contributed by atoms with Crippen LogP contribution in [-0.4, -0.2) is 31.5 Å². The summed E-state index contributed by atoms with van der Waals surface area (Å²) in [5.41, 5.74) is 7.37. The lowest BCUT2D eigenvalue weighted by Crippen LogP contribution is -2.42. The standard InChI is InChI=1S/C19H22ClN3O3/c1-26-17-8-7-14(20)12-16(17)23-18(24)9-10-22-19(25)15(21)11-13-5-3-2-4-6-13/h2-8,12,15H,9-11,21H2,1H3,(H,22,25)(H,23,24)/t15-/m0/s1. The molecule has 0 aliphatic carbocycles. The number of hydrogen-bond donors (Lipinski definition) is 3. The summed E-state index contributed by atoms with van der Waals surface area (Å²) in [6.45, 7) is 0.191. The Hall–Kier alpha value is -2.57. The fourth-order valence-electron chi connectivity index (χ4n) is 2.38. The monoisotopic (exact) mass is 375 g/mol. The number of carbonyl (C=O) groups excluding carboxylic acids is 2. The molecule has 0 heterocycles. The normalized spacial score (nSPS) is 11.5. The number of halogens is 1. The summed E-state index contributed by atoms with van der Waals surface area (Å²) in [7, 11) is 1.51. The number of nitrogens with one attached hydrogen (secondary N) is 2. The van der Waals surface area contributed by atoms with E-state index in [9.17, 15) is 9.59 Å². The third kappa shape index (κ3) is 6.06. The summed E-state index contributed by atoms with van der Waals surface area (Å²) in [5, 5.41) is 5.88. The zero-order chi connectivity index (χ0) is 18.9. The fraction of sp³-hybridized carbons (Fsp3) is 0.263. The summed E-state index contributed by atoms with van der Waals surface area (Å²) in [5.74, 6) is -0.0406. The van der Waals surface area contributed by atoms with Crippen molar-refractivity contribution < 1.29 is 14.3 Å². The Morgan fingerprint density at radius 3 is 2.62 bits per heavy atom. The molecule has 0 radical (unpaired) electrons. The number of anilines is 1. The largest absolute Gasteiger partial charge is 0.495 e. The van der Waals surface area contributed by atoms with Crippen molar-refractivity contribution in [2.24, 2.45) is 5.73 Å². The minimum absolute atomic E-state index is 0.111. The van der Waals surface area contributed by atoms with Crippen molar-refractivity contribution >= 4 is 29.1 Å². The van der Waals surface area contributed by atoms with Crippen molar-refractivity contribution in [3.8, 4) is 5.75 Å². The topological polar surface area (TPSA) is 93.5 Å². The summed E-state index contributed by atoms with van der Waals surface area (Å²) >= 11 is 5.93. The number of hydrogen-bond acceptors (Lipinski definition) is 4. The van der Waals surface area contributed by atoms with E-state index in [-0.39, 0.29) is 24.8 Å². The molecular formula is C19H22ClN3O3. The highest BCUT2D eigenvalue weighted by Gasteiger charge is 2.14. The predicted molar refractivity (Wildman–Crippen MR) is 102 cm³/mol. The summed E-state index contributed by atoms with van der Waals surface area (Å²) in [6.07, 6.45) is 0.554. The van der Waals surface area contributed by atoms with Crippen LogP contribution in [0.1, 0.15) is 12.0 Å². The van der Waals surface area contributed by atoms with E-state index in [1.807, 2.05) is 30.3 Å². The lowest BCUT2D eigenvalue weighted by molar-refractivity contribution is -0.122. The second kappa shape index (κ2) is 9.79. The van der Waals surface area contributed by atoms with Crippen molar-refractivity contribution in [2.75, 3.05) is 19.0 Å². The Morgan fingerprint density at radius 1 is 1.19 bits per heavy atom. The van der Waals surface area contributed by atoms with Gasteiger partial charge in [0.2, 0.25) is 11.8 Å². The first kappa shape index (κ1) is 19.8. The SMILES string of the molecule is COc1ccc(Cl)cc1NC(=O)CCNC(=O)[C@@H](N)Cc1ccccc1. The van der Waals surface area contributed by atoms with Crippen LogP contribution in [0, 0.1) is 0 Å². The van der Waals surface area contributed by atoms with Crippen molar-refractivity contribution in [1.82, 2.24) is 5.32 Å². The lowest BCUT2D eigenvalue weighted by atomic mass is 10.1. The molecule has 2 rings (SSSR count). The average molecular weight is 376 g/mol. The van der Waals surface area contributed by atoms with E-state index in [1.54, 1.807) is 18.2 Å². The Balaban J connectivity index is 1.77. The Morgan fingerprint density at radius 2 is 1.92 bits per heavy atom. The van der Waals surface area contributed by atoms with E-state index in [0.29, 0.717) is 22.9 Å². The zero-order valence-corrected chi connectivity index (χ0v) is 15.3. The Kier molecular flexibility index (Phi) is 7.44. The van der Waals surface area contributed by atoms with Gasteiger partial charge in [0.25, 0.3) is 0 Å². The van der Waals surface area contributed by atoms with E-state index in [1.165, 1.54) is 7.11 Å². The van der Waals surface area contributed by atoms with E-state index < -0.39 is 6.04 Å². The van der Waals surface area contributed by atoms with Gasteiger partial charge < -0.3 is 21.1 Å². The predicted octanol–water partition coefficient (Wildman–Crippen LogP) is 2.36. The maximum Gasteiger partial charge on any atom is 0.237 e. The molecule has 4 N–H and O–H groups in total. The number of benzene rings is 2. The molecule has 0 spiro atoms. The molecule has 0 unspecified atom stereocenters. The smallest absolute Gasteiger partial charge is 0.237 e. The van der Waals surface area contributed by atoms with Crippen LogP contribution in [0.2, 0.25) is 5.02 Å². The molecule has 0 aliphatic heterocycles. The summed E-state index contributed by atoms with van der Waals surface area (Å²) in [6, 6.07) is 13.8. The molecule has 0 bridgehead atoms. The van der Waals surface area contributed by atoms with Crippen LogP contribution in [0.4, 0.5) is 5.69 Å². The lowest BCUT2D eigenvalue weighted by Gasteiger charge is -2.13. The van der Waals surface area contributed by atoms with Crippen molar-refractivity contribution in [1.29, 1.82) is 0 Å². The second-order valence-electron chi connectivity index (χ2n) is 5.73. The van der Waals surface area contributed by atoms with Gasteiger partial charge in [-0.3, -0.25) is 9.59 Å². The van der Waals surface area contributed by atoms with Gasteiger partial charge in [0.1, 0.15) is 5.75 Å². The first-order chi connectivity index (χ1) is 12.5. The van der Waals surface area contributed by atoms with E-state index in [4.69, 9.17) is 22.1 Å². The minimum atomic E-state index is -0.659. The maximum absolute atomic E-state index is 12.0.